The lowest BCUT2D eigenvalue weighted by Gasteiger charge is -2.13. The standard InChI is InChI=1S/C23H21F3N4O3/c1-14-5-9-18(10-6-14)30-22(33)29(13-16-3-2-4-17(11-16)23(24,25)26)21(32)19(28-30)20(31)27-12-15-7-8-15/h2-6,9-11,15H,7-8,12-13H2,1H3,(H,27,31). The number of halogens is 3. The smallest absolute Gasteiger partial charge is 0.350 e. The normalized spacial score (nSPS) is 13.7. The number of aromatic nitrogens is 3. The third-order valence-electron chi connectivity index (χ3n) is 5.40. The van der Waals surface area contributed by atoms with Crippen LogP contribution in [0.15, 0.2) is 58.1 Å². The summed E-state index contributed by atoms with van der Waals surface area (Å²) in [4.78, 5) is 38.8. The molecule has 10 heteroatoms. The molecule has 1 N–H and O–H groups in total. The van der Waals surface area contributed by atoms with E-state index < -0.39 is 41.1 Å². The summed E-state index contributed by atoms with van der Waals surface area (Å²) in [7, 11) is 0. The van der Waals surface area contributed by atoms with Gasteiger partial charge in [-0.1, -0.05) is 29.8 Å². The molecule has 4 rings (SSSR count). The Morgan fingerprint density at radius 3 is 2.45 bits per heavy atom. The Hall–Kier alpha value is -3.69. The zero-order valence-corrected chi connectivity index (χ0v) is 17.7. The van der Waals surface area contributed by atoms with Gasteiger partial charge in [0.15, 0.2) is 0 Å². The molecule has 0 unspecified atom stereocenters. The Balaban J connectivity index is 1.80. The van der Waals surface area contributed by atoms with Crippen LogP contribution in [0, 0.1) is 12.8 Å². The monoisotopic (exact) mass is 458 g/mol. The summed E-state index contributed by atoms with van der Waals surface area (Å²) in [5, 5.41) is 6.66. The van der Waals surface area contributed by atoms with Gasteiger partial charge < -0.3 is 5.32 Å². The quantitative estimate of drug-likeness (QED) is 0.616. The maximum atomic E-state index is 13.1. The van der Waals surface area contributed by atoms with Crippen LogP contribution in [0.5, 0.6) is 0 Å². The summed E-state index contributed by atoms with van der Waals surface area (Å²) in [5.74, 6) is -0.380. The molecule has 1 aromatic heterocycles. The molecule has 2 aromatic carbocycles. The van der Waals surface area contributed by atoms with Crippen LogP contribution < -0.4 is 16.6 Å². The highest BCUT2D eigenvalue weighted by Gasteiger charge is 2.30. The molecule has 7 nitrogen and oxygen atoms in total. The molecular formula is C23H21F3N4O3. The number of amides is 1. The second-order valence-electron chi connectivity index (χ2n) is 8.12. The molecule has 0 radical (unpaired) electrons. The molecule has 1 aliphatic carbocycles. The first-order chi connectivity index (χ1) is 15.6. The predicted molar refractivity (Wildman–Crippen MR) is 114 cm³/mol. The zero-order chi connectivity index (χ0) is 23.8. The van der Waals surface area contributed by atoms with Gasteiger partial charge in [0.25, 0.3) is 11.5 Å². The average molecular weight is 458 g/mol. The topological polar surface area (TPSA) is 86.0 Å². The van der Waals surface area contributed by atoms with Gasteiger partial charge in [0.05, 0.1) is 17.8 Å². The van der Waals surface area contributed by atoms with Gasteiger partial charge in [0.2, 0.25) is 5.69 Å². The molecule has 1 heterocycles. The van der Waals surface area contributed by atoms with Gasteiger partial charge in [0, 0.05) is 6.54 Å². The Morgan fingerprint density at radius 1 is 1.12 bits per heavy atom. The fraction of sp³-hybridized carbons (Fsp3) is 0.304. The van der Waals surface area contributed by atoms with Crippen molar-refractivity contribution in [2.75, 3.05) is 6.54 Å². The summed E-state index contributed by atoms with van der Waals surface area (Å²) in [5.41, 5.74) is -1.89. The lowest BCUT2D eigenvalue weighted by atomic mass is 10.1. The van der Waals surface area contributed by atoms with Gasteiger partial charge in [-0.3, -0.25) is 14.2 Å². The van der Waals surface area contributed by atoms with E-state index in [9.17, 15) is 27.6 Å². The molecule has 3 aromatic rings. The van der Waals surface area contributed by atoms with Crippen molar-refractivity contribution >= 4 is 5.91 Å². The fourth-order valence-corrected chi connectivity index (χ4v) is 3.32. The molecule has 0 spiro atoms. The first-order valence-corrected chi connectivity index (χ1v) is 10.4. The molecule has 1 amide bonds. The van der Waals surface area contributed by atoms with E-state index in [-0.39, 0.29) is 5.56 Å². The third kappa shape index (κ3) is 5.05. The largest absolute Gasteiger partial charge is 0.416 e. The minimum atomic E-state index is -4.57. The Morgan fingerprint density at radius 2 is 1.82 bits per heavy atom. The number of hydrogen-bond donors (Lipinski definition) is 1. The van der Waals surface area contributed by atoms with Crippen molar-refractivity contribution in [3.8, 4) is 5.69 Å². The third-order valence-corrected chi connectivity index (χ3v) is 5.40. The van der Waals surface area contributed by atoms with E-state index >= 15 is 0 Å². The van der Waals surface area contributed by atoms with Gasteiger partial charge in [-0.2, -0.15) is 23.0 Å². The maximum Gasteiger partial charge on any atom is 0.416 e. The first-order valence-electron chi connectivity index (χ1n) is 10.4. The zero-order valence-electron chi connectivity index (χ0n) is 17.7. The molecule has 33 heavy (non-hydrogen) atoms. The van der Waals surface area contributed by atoms with Gasteiger partial charge in [-0.15, -0.1) is 0 Å². The number of carbonyl (C=O) groups is 1. The minimum absolute atomic E-state index is 0.0926. The average Bonchev–Trinajstić information content (AvgIpc) is 3.60. The van der Waals surface area contributed by atoms with Crippen molar-refractivity contribution in [1.29, 1.82) is 0 Å². The Labute approximate surface area is 186 Å². The molecule has 1 aliphatic rings. The van der Waals surface area contributed by atoms with E-state index in [4.69, 9.17) is 0 Å². The van der Waals surface area contributed by atoms with Crippen LogP contribution in [0.3, 0.4) is 0 Å². The minimum Gasteiger partial charge on any atom is -0.350 e. The van der Waals surface area contributed by atoms with Crippen LogP contribution in [0.25, 0.3) is 5.69 Å². The second-order valence-corrected chi connectivity index (χ2v) is 8.12. The van der Waals surface area contributed by atoms with Gasteiger partial charge in [-0.25, -0.2) is 4.79 Å². The van der Waals surface area contributed by atoms with Gasteiger partial charge >= 0.3 is 11.9 Å². The number of carbonyl (C=O) groups excluding carboxylic acids is 1. The first kappa shape index (κ1) is 22.5. The number of rotatable bonds is 6. The van der Waals surface area contributed by atoms with E-state index in [1.54, 1.807) is 24.3 Å². The predicted octanol–water partition coefficient (Wildman–Crippen LogP) is 2.91. The van der Waals surface area contributed by atoms with Crippen molar-refractivity contribution in [2.24, 2.45) is 5.92 Å². The number of hydrogen-bond acceptors (Lipinski definition) is 4. The fourth-order valence-electron chi connectivity index (χ4n) is 3.32. The number of benzene rings is 2. The highest BCUT2D eigenvalue weighted by atomic mass is 19.4. The van der Waals surface area contributed by atoms with E-state index in [1.165, 1.54) is 12.1 Å². The SMILES string of the molecule is Cc1ccc(-n2nc(C(=O)NCC3CC3)c(=O)n(Cc3cccc(C(F)(F)F)c3)c2=O)cc1. The second kappa shape index (κ2) is 8.68. The van der Waals surface area contributed by atoms with Crippen LogP contribution in [0.1, 0.15) is 40.0 Å². The molecule has 0 aliphatic heterocycles. The van der Waals surface area contributed by atoms with E-state index in [1.807, 2.05) is 6.92 Å². The van der Waals surface area contributed by atoms with Crippen LogP contribution in [0.4, 0.5) is 13.2 Å². The molecule has 0 bridgehead atoms. The highest BCUT2D eigenvalue weighted by molar-refractivity contribution is 5.91. The van der Waals surface area contributed by atoms with Crippen molar-refractivity contribution in [3.05, 3.63) is 91.8 Å². The molecule has 1 fully saturated rings. The van der Waals surface area contributed by atoms with Crippen molar-refractivity contribution < 1.29 is 18.0 Å². The number of alkyl halides is 3. The Kier molecular flexibility index (Phi) is 5.92. The molecule has 172 valence electrons. The van der Waals surface area contributed by atoms with Crippen molar-refractivity contribution in [2.45, 2.75) is 32.5 Å². The summed E-state index contributed by atoms with van der Waals surface area (Å²) in [6.45, 7) is 1.79. The summed E-state index contributed by atoms with van der Waals surface area (Å²) >= 11 is 0. The lowest BCUT2D eigenvalue weighted by molar-refractivity contribution is -0.137. The van der Waals surface area contributed by atoms with Crippen molar-refractivity contribution in [1.82, 2.24) is 19.7 Å². The van der Waals surface area contributed by atoms with E-state index in [2.05, 4.69) is 10.4 Å². The van der Waals surface area contributed by atoms with Crippen LogP contribution >= 0.6 is 0 Å². The Bertz CT molecular complexity index is 1310. The van der Waals surface area contributed by atoms with Gasteiger partial charge in [-0.05, 0) is 55.5 Å². The van der Waals surface area contributed by atoms with Crippen LogP contribution in [-0.2, 0) is 12.7 Å². The van der Waals surface area contributed by atoms with Crippen LogP contribution in [0.2, 0.25) is 0 Å². The lowest BCUT2D eigenvalue weighted by Crippen LogP contribution is -2.46. The number of nitrogens with one attached hydrogen (secondary N) is 1. The summed E-state index contributed by atoms with van der Waals surface area (Å²) in [6, 6.07) is 11.0. The molecule has 1 saturated carbocycles. The van der Waals surface area contributed by atoms with Crippen molar-refractivity contribution in [3.63, 3.8) is 0 Å². The van der Waals surface area contributed by atoms with Gasteiger partial charge in [0.1, 0.15) is 0 Å². The summed E-state index contributed by atoms with van der Waals surface area (Å²) < 4.78 is 41.0. The van der Waals surface area contributed by atoms with Crippen LogP contribution in [-0.4, -0.2) is 26.8 Å². The molecular weight excluding hydrogens is 437 g/mol. The molecule has 0 atom stereocenters. The number of nitrogens with zero attached hydrogens (tertiary/aromatic N) is 3. The van der Waals surface area contributed by atoms with E-state index in [0.29, 0.717) is 18.2 Å². The summed E-state index contributed by atoms with van der Waals surface area (Å²) in [6.07, 6.45) is -2.61. The number of aryl methyl sites for hydroxylation is 1. The highest BCUT2D eigenvalue weighted by Crippen LogP contribution is 2.29. The molecule has 0 saturated heterocycles. The maximum absolute atomic E-state index is 13.1. The van der Waals surface area contributed by atoms with E-state index in [0.717, 1.165) is 39.8 Å².